The number of benzene rings is 5. The average molecular weight is 1850 g/mol. The number of carbonyl (C=O) groups is 4. The third-order valence-electron chi connectivity index (χ3n) is 23.2. The predicted octanol–water partition coefficient (Wildman–Crippen LogP) is 9.27. The molecular formula is C94H105N29O11S. The third-order valence-corrected chi connectivity index (χ3v) is 23.9. The van der Waals surface area contributed by atoms with Gasteiger partial charge in [0.25, 0.3) is 0 Å². The van der Waals surface area contributed by atoms with E-state index >= 15 is 0 Å². The van der Waals surface area contributed by atoms with E-state index < -0.39 is 15.9 Å². The van der Waals surface area contributed by atoms with Crippen molar-refractivity contribution in [1.82, 2.24) is 85.3 Å². The van der Waals surface area contributed by atoms with Crippen molar-refractivity contribution in [2.24, 2.45) is 5.73 Å². The van der Waals surface area contributed by atoms with Crippen LogP contribution in [0.1, 0.15) is 81.2 Å². The van der Waals surface area contributed by atoms with E-state index in [0.29, 0.717) is 176 Å². The Labute approximate surface area is 780 Å². The van der Waals surface area contributed by atoms with Gasteiger partial charge in [-0.2, -0.15) is 4.98 Å². The molecular weight excluding hydrogens is 1740 g/mol. The van der Waals surface area contributed by atoms with Crippen molar-refractivity contribution >= 4 is 98.1 Å². The summed E-state index contributed by atoms with van der Waals surface area (Å²) in [5.41, 5.74) is 25.9. The van der Waals surface area contributed by atoms with Gasteiger partial charge in [0.1, 0.15) is 35.7 Å². The zero-order valence-electron chi connectivity index (χ0n) is 75.1. The second-order valence-electron chi connectivity index (χ2n) is 32.6. The number of morpholine rings is 3. The Bertz CT molecular complexity index is 6250. The van der Waals surface area contributed by atoms with Crippen LogP contribution in [0.15, 0.2) is 177 Å². The number of nitrogens with zero attached hydrogens (tertiary/aromatic N) is 22. The Morgan fingerprint density at radius 3 is 1.21 bits per heavy atom. The van der Waals surface area contributed by atoms with Crippen molar-refractivity contribution in [2.45, 2.75) is 79.1 Å². The maximum atomic E-state index is 12.9. The number of amides is 6. The summed E-state index contributed by atoms with van der Waals surface area (Å²) in [6.45, 7) is 21.4. The molecule has 135 heavy (non-hydrogen) atoms. The number of hydrogen-bond donors (Lipinski definition) is 7. The van der Waals surface area contributed by atoms with Crippen molar-refractivity contribution < 1.29 is 51.3 Å². The van der Waals surface area contributed by atoms with Crippen LogP contribution < -0.4 is 71.8 Å². The number of aromatic nitrogens is 14. The van der Waals surface area contributed by atoms with Gasteiger partial charge in [0, 0.05) is 177 Å². The Morgan fingerprint density at radius 1 is 0.400 bits per heavy atom. The molecule has 0 atom stereocenters. The van der Waals surface area contributed by atoms with Gasteiger partial charge >= 0.3 is 18.2 Å². The fourth-order valence-corrected chi connectivity index (χ4v) is 17.2. The highest BCUT2D eigenvalue weighted by Gasteiger charge is 2.36. The van der Waals surface area contributed by atoms with Crippen LogP contribution in [-0.4, -0.2) is 238 Å². The van der Waals surface area contributed by atoms with Gasteiger partial charge in [0.2, 0.25) is 33.8 Å². The van der Waals surface area contributed by atoms with E-state index in [4.69, 9.17) is 75.0 Å². The average Bonchev–Trinajstić information content (AvgIpc) is 1.37. The van der Waals surface area contributed by atoms with E-state index in [1.807, 2.05) is 123 Å². The molecule has 0 spiro atoms. The fourth-order valence-electron chi connectivity index (χ4n) is 16.6. The van der Waals surface area contributed by atoms with Crippen LogP contribution >= 0.6 is 0 Å². The lowest BCUT2D eigenvalue weighted by Crippen LogP contribution is -2.38. The third kappa shape index (κ3) is 23.2. The zero-order valence-corrected chi connectivity index (χ0v) is 76.0. The summed E-state index contributed by atoms with van der Waals surface area (Å²) in [5, 5.41) is 11.1. The number of nitrogens with one attached hydrogen (secondary N) is 5. The summed E-state index contributed by atoms with van der Waals surface area (Å²) in [7, 11) is -3.33. The van der Waals surface area contributed by atoms with Crippen LogP contribution in [0.2, 0.25) is 0 Å². The summed E-state index contributed by atoms with van der Waals surface area (Å²) in [6, 6.07) is 43.8. The number of anilines is 11. The Kier molecular flexibility index (Phi) is 29.3. The number of sulfonamides is 1. The lowest BCUT2D eigenvalue weighted by molar-refractivity contribution is 0.0912. The quantitative estimate of drug-likeness (QED) is 0.0373. The molecule has 41 heteroatoms. The van der Waals surface area contributed by atoms with Gasteiger partial charge in [-0.25, -0.2) is 87.6 Å². The van der Waals surface area contributed by atoms with Crippen LogP contribution in [0.4, 0.5) is 78.4 Å². The molecule has 6 amide bonds. The molecule has 0 radical (unpaired) electrons. The predicted molar refractivity (Wildman–Crippen MR) is 510 cm³/mol. The fraction of sp³-hybridized carbons (Fsp3) is 0.340. The second-order valence-corrected chi connectivity index (χ2v) is 34.4. The molecule has 7 aromatic heterocycles. The summed E-state index contributed by atoms with van der Waals surface area (Å²) < 4.78 is 53.3. The summed E-state index contributed by atoms with van der Waals surface area (Å²) in [6.07, 6.45) is 11.0. The van der Waals surface area contributed by atoms with Crippen LogP contribution in [0.5, 0.6) is 0 Å². The molecule has 15 heterocycles. The first-order chi connectivity index (χ1) is 65.9. The van der Waals surface area contributed by atoms with Crippen LogP contribution in [0.25, 0.3) is 45.6 Å². The van der Waals surface area contributed by atoms with Gasteiger partial charge in [-0.3, -0.25) is 9.52 Å². The molecule has 20 rings (SSSR count). The molecule has 698 valence electrons. The van der Waals surface area contributed by atoms with E-state index in [2.05, 4.69) is 90.2 Å². The van der Waals surface area contributed by atoms with E-state index in [1.165, 1.54) is 0 Å². The SMILES string of the molecule is CCNC(=O)Nc1ccc(-c2nc3c(c(N4CCCOCC4)n2)CCN(C(=O)OCc2ccccc2)C3)cc1.CCNC(=O)Nc1ccc(-c2nc3c(c(N4CCOCC4)n2)CN(c2ccnc(N)n2)C3)cc1.CS(=O)(=O)Nc1ccc(-c2nc3c(c(N4CCOCC4)n2)CN(c2ncccn2)C3)cc1.NC(=O)c1ccc(-c2nc3c(c(N4CCOCC4)n2)CN(c2ncccn2)C3)cc1. The Morgan fingerprint density at radius 2 is 0.793 bits per heavy atom. The van der Waals surface area contributed by atoms with Crippen molar-refractivity contribution in [3.63, 3.8) is 0 Å². The van der Waals surface area contributed by atoms with Crippen molar-refractivity contribution in [1.29, 1.82) is 0 Å². The molecule has 40 nitrogen and oxygen atoms in total. The normalized spacial score (nSPS) is 15.6. The molecule has 0 unspecified atom stereocenters. The van der Waals surface area contributed by atoms with Crippen molar-refractivity contribution in [3.8, 4) is 45.6 Å². The largest absolute Gasteiger partial charge is 0.445 e. The van der Waals surface area contributed by atoms with Crippen LogP contribution in [0.3, 0.4) is 0 Å². The number of ether oxygens (including phenoxy) is 5. The Balaban J connectivity index is 0.000000126. The maximum Gasteiger partial charge on any atom is 0.410 e. The van der Waals surface area contributed by atoms with E-state index in [-0.39, 0.29) is 30.7 Å². The first-order valence-electron chi connectivity index (χ1n) is 44.9. The maximum absolute atomic E-state index is 12.9. The van der Waals surface area contributed by atoms with Gasteiger partial charge in [-0.15, -0.1) is 0 Å². The molecule has 5 aromatic carbocycles. The number of nitrogens with two attached hydrogens (primary N) is 2. The van der Waals surface area contributed by atoms with Gasteiger partial charge in [0.15, 0.2) is 23.3 Å². The van der Waals surface area contributed by atoms with Crippen LogP contribution in [0, 0.1) is 0 Å². The molecule has 4 fully saturated rings. The van der Waals surface area contributed by atoms with Crippen molar-refractivity contribution in [2.75, 3.05) is 186 Å². The minimum Gasteiger partial charge on any atom is -0.445 e. The number of hydrogen-bond acceptors (Lipinski definition) is 33. The van der Waals surface area contributed by atoms with Gasteiger partial charge < -0.3 is 95.6 Å². The molecule has 0 saturated carbocycles. The zero-order chi connectivity index (χ0) is 93.2. The van der Waals surface area contributed by atoms with Gasteiger partial charge in [0.05, 0.1) is 121 Å². The first-order valence-corrected chi connectivity index (χ1v) is 46.8. The highest BCUT2D eigenvalue weighted by molar-refractivity contribution is 7.92. The molecule has 0 aliphatic carbocycles. The second kappa shape index (κ2) is 43.1. The van der Waals surface area contributed by atoms with E-state index in [0.717, 1.165) is 174 Å². The number of primary amides is 1. The summed E-state index contributed by atoms with van der Waals surface area (Å²) in [5.74, 6) is 8.02. The van der Waals surface area contributed by atoms with E-state index in [9.17, 15) is 27.6 Å². The minimum absolute atomic E-state index is 0.230. The molecule has 0 bridgehead atoms. The number of nitrogen functional groups attached to an aromatic ring is 1. The minimum atomic E-state index is -3.33. The molecule has 8 aliphatic heterocycles. The number of carbonyl (C=O) groups excluding carboxylic acids is 4. The topological polar surface area (TPSA) is 467 Å². The summed E-state index contributed by atoms with van der Waals surface area (Å²) in [4.78, 5) is 130. The number of rotatable bonds is 20. The number of urea groups is 2. The molecule has 12 aromatic rings. The standard InChI is InChI=1S/C29H34N6O4.C23H27N9O2.C21H23N7O3S.C21H21N7O2/c1-2-30-28(36)31-23-11-9-22(10-12-23)26-32-25-19-35(29(37)39-20-21-7-4-3-5-8-21)15-13-24(25)27(33-26)34-14-6-17-38-18-16-34;1-2-25-23(33)27-16-5-3-15(4-6-16)20-28-18-14-32(19-7-8-26-22(24)29-19)13-17(18)21(30-20)31-9-11-34-12-10-31;1-32(29,30)26-16-5-3-15(4-6-16)19-24-18-14-28(21-22-7-2-8-23-21)13-17(18)20(25-19)27-9-11-31-12-10-27;22-18(29)14-2-4-15(5-3-14)19-25-17-13-28(21-23-6-1-7-24-21)12-16(17)20(26-19)27-8-10-30-11-9-27/h3-5,7-12H,2,6,13-20H2,1H3,(H2,30,31,36);3-8H,2,9-14H2,1H3,(H2,24,26,29)(H2,25,27,33);2-8,26H,9-14H2,1H3;1-7H,8-13H2,(H2,22,29). The highest BCUT2D eigenvalue weighted by Crippen LogP contribution is 2.40. The Hall–Kier alpha value is -15.1. The lowest BCUT2D eigenvalue weighted by Gasteiger charge is -2.31. The summed E-state index contributed by atoms with van der Waals surface area (Å²) >= 11 is 0. The monoisotopic (exact) mass is 1850 g/mol. The van der Waals surface area contributed by atoms with Gasteiger partial charge in [-0.05, 0) is 135 Å². The molecule has 4 saturated heterocycles. The lowest BCUT2D eigenvalue weighted by atomic mass is 10.0. The highest BCUT2D eigenvalue weighted by atomic mass is 32.2. The van der Waals surface area contributed by atoms with Gasteiger partial charge in [-0.1, -0.05) is 42.5 Å². The smallest absolute Gasteiger partial charge is 0.410 e. The molecule has 9 N–H and O–H groups in total. The first kappa shape index (κ1) is 91.8. The van der Waals surface area contributed by atoms with Crippen LogP contribution in [-0.2, 0) is 92.5 Å². The molecule has 8 aliphatic rings. The number of fused-ring (bicyclic) bond motifs is 4. The van der Waals surface area contributed by atoms with Crippen molar-refractivity contribution in [3.05, 3.63) is 233 Å². The van der Waals surface area contributed by atoms with E-state index in [1.54, 1.807) is 72.3 Å².